The minimum atomic E-state index is 0.678. The Kier molecular flexibility index (Phi) is 6.96. The van der Waals surface area contributed by atoms with E-state index in [0.29, 0.717) is 5.57 Å². The van der Waals surface area contributed by atoms with E-state index in [-0.39, 0.29) is 0 Å². The Morgan fingerprint density at radius 1 is 0.857 bits per heavy atom. The summed E-state index contributed by atoms with van der Waals surface area (Å²) in [5, 5.41) is 0. The molecule has 0 heterocycles. The molecule has 2 heteroatoms. The van der Waals surface area contributed by atoms with E-state index in [1.807, 2.05) is 19.1 Å². The molecule has 0 aromatic rings. The van der Waals surface area contributed by atoms with Crippen molar-refractivity contribution in [2.24, 2.45) is 0 Å². The zero-order valence-corrected chi connectivity index (χ0v) is 8.44. The fraction of sp³-hybridized carbons (Fsp3) is 0.167. The first-order valence-electron chi connectivity index (χ1n) is 4.29. The lowest BCUT2D eigenvalue weighted by Crippen LogP contribution is -1.73. The van der Waals surface area contributed by atoms with E-state index in [1.54, 1.807) is 25.2 Å². The van der Waals surface area contributed by atoms with E-state index in [9.17, 15) is 9.59 Å². The average Bonchev–Trinajstić information content (AvgIpc) is 2.18. The van der Waals surface area contributed by atoms with Crippen molar-refractivity contribution in [2.75, 3.05) is 0 Å². The van der Waals surface area contributed by atoms with Gasteiger partial charge in [-0.1, -0.05) is 36.0 Å². The van der Waals surface area contributed by atoms with Gasteiger partial charge in [-0.3, -0.25) is 9.59 Å². The highest BCUT2D eigenvalue weighted by Crippen LogP contribution is 1.96. The number of hydrogen-bond acceptors (Lipinski definition) is 2. The number of aldehydes is 2. The van der Waals surface area contributed by atoms with Gasteiger partial charge in [0.2, 0.25) is 0 Å². The van der Waals surface area contributed by atoms with Crippen LogP contribution in [0.15, 0.2) is 47.6 Å². The van der Waals surface area contributed by atoms with Gasteiger partial charge in [-0.05, 0) is 25.5 Å². The first-order valence-corrected chi connectivity index (χ1v) is 4.29. The predicted molar refractivity (Wildman–Crippen MR) is 57.9 cm³/mol. The van der Waals surface area contributed by atoms with Crippen molar-refractivity contribution in [1.82, 2.24) is 0 Å². The van der Waals surface area contributed by atoms with Crippen molar-refractivity contribution < 1.29 is 9.59 Å². The van der Waals surface area contributed by atoms with Crippen molar-refractivity contribution in [3.63, 3.8) is 0 Å². The largest absolute Gasteiger partial charge is 0.299 e. The molecule has 0 aromatic heterocycles. The van der Waals surface area contributed by atoms with Gasteiger partial charge in [-0.25, -0.2) is 0 Å². The molecule has 0 aliphatic heterocycles. The number of carbonyl (C=O) groups is 2. The van der Waals surface area contributed by atoms with Gasteiger partial charge in [0, 0.05) is 0 Å². The third-order valence-electron chi connectivity index (χ3n) is 1.45. The van der Waals surface area contributed by atoms with Crippen molar-refractivity contribution in [3.8, 4) is 0 Å². The summed E-state index contributed by atoms with van der Waals surface area (Å²) in [6.45, 7) is 3.65. The van der Waals surface area contributed by atoms with Crippen LogP contribution >= 0.6 is 0 Å². The topological polar surface area (TPSA) is 34.1 Å². The highest BCUT2D eigenvalue weighted by atomic mass is 16.1. The van der Waals surface area contributed by atoms with Gasteiger partial charge >= 0.3 is 0 Å². The lowest BCUT2D eigenvalue weighted by Gasteiger charge is -1.86. The molecule has 14 heavy (non-hydrogen) atoms. The van der Waals surface area contributed by atoms with Crippen LogP contribution in [0, 0.1) is 0 Å². The van der Waals surface area contributed by atoms with Gasteiger partial charge < -0.3 is 0 Å². The average molecular weight is 190 g/mol. The van der Waals surface area contributed by atoms with Crippen molar-refractivity contribution in [3.05, 3.63) is 47.6 Å². The summed E-state index contributed by atoms with van der Waals surface area (Å²) in [7, 11) is 0. The zero-order chi connectivity index (χ0) is 10.8. The highest BCUT2D eigenvalue weighted by Gasteiger charge is 1.80. The first-order chi connectivity index (χ1) is 6.70. The molecular formula is C12H14O2. The second kappa shape index (κ2) is 7.92. The molecule has 0 bridgehead atoms. The van der Waals surface area contributed by atoms with E-state index in [4.69, 9.17) is 0 Å². The number of allylic oxidation sites excluding steroid dienone is 8. The summed E-state index contributed by atoms with van der Waals surface area (Å²) >= 11 is 0. The molecule has 0 fully saturated rings. The fourth-order valence-electron chi connectivity index (χ4n) is 0.699. The second-order valence-corrected chi connectivity index (χ2v) is 2.82. The van der Waals surface area contributed by atoms with Gasteiger partial charge in [-0.15, -0.1) is 0 Å². The van der Waals surface area contributed by atoms with Gasteiger partial charge in [0.1, 0.15) is 12.6 Å². The van der Waals surface area contributed by atoms with Crippen LogP contribution in [0.4, 0.5) is 0 Å². The Balaban J connectivity index is 4.24. The van der Waals surface area contributed by atoms with Gasteiger partial charge in [0.05, 0.1) is 0 Å². The zero-order valence-electron chi connectivity index (χ0n) is 8.44. The third kappa shape index (κ3) is 6.98. The van der Waals surface area contributed by atoms with Crippen LogP contribution in [0.3, 0.4) is 0 Å². The maximum atomic E-state index is 10.2. The normalized spacial score (nSPS) is 13.9. The molecule has 74 valence electrons. The van der Waals surface area contributed by atoms with Crippen LogP contribution in [-0.4, -0.2) is 12.6 Å². The summed E-state index contributed by atoms with van der Waals surface area (Å²) in [4.78, 5) is 20.2. The van der Waals surface area contributed by atoms with Crippen LogP contribution in [0.25, 0.3) is 0 Å². The minimum absolute atomic E-state index is 0.678. The SMILES string of the molecule is CC(C=O)=CC=CC(C)=CC=CC=O. The molecule has 2 nitrogen and oxygen atoms in total. The van der Waals surface area contributed by atoms with E-state index in [2.05, 4.69) is 0 Å². The molecule has 0 aromatic carbocycles. The van der Waals surface area contributed by atoms with E-state index >= 15 is 0 Å². The van der Waals surface area contributed by atoms with Crippen LogP contribution in [0.1, 0.15) is 13.8 Å². The van der Waals surface area contributed by atoms with E-state index in [1.165, 1.54) is 6.08 Å². The maximum Gasteiger partial charge on any atom is 0.145 e. The quantitative estimate of drug-likeness (QED) is 0.379. The molecule has 0 saturated heterocycles. The molecular weight excluding hydrogens is 176 g/mol. The first kappa shape index (κ1) is 12.3. The van der Waals surface area contributed by atoms with Gasteiger partial charge in [0.15, 0.2) is 0 Å². The smallest absolute Gasteiger partial charge is 0.145 e. The Labute approximate surface area is 84.3 Å². The molecule has 0 saturated carbocycles. The summed E-state index contributed by atoms with van der Waals surface area (Å²) in [6, 6.07) is 0. The lowest BCUT2D eigenvalue weighted by molar-refractivity contribution is -0.105. The minimum Gasteiger partial charge on any atom is -0.299 e. The van der Waals surface area contributed by atoms with Crippen molar-refractivity contribution in [1.29, 1.82) is 0 Å². The van der Waals surface area contributed by atoms with Gasteiger partial charge in [0.25, 0.3) is 0 Å². The predicted octanol–water partition coefficient (Wildman–Crippen LogP) is 2.39. The summed E-state index contributed by atoms with van der Waals surface area (Å²) in [5.74, 6) is 0. The monoisotopic (exact) mass is 190 g/mol. The van der Waals surface area contributed by atoms with Crippen LogP contribution in [-0.2, 0) is 9.59 Å². The van der Waals surface area contributed by atoms with Crippen LogP contribution < -0.4 is 0 Å². The second-order valence-electron chi connectivity index (χ2n) is 2.82. The highest BCUT2D eigenvalue weighted by molar-refractivity contribution is 5.72. The summed E-state index contributed by atoms with van der Waals surface area (Å²) in [5.41, 5.74) is 1.69. The molecule has 0 radical (unpaired) electrons. The summed E-state index contributed by atoms with van der Waals surface area (Å²) in [6.07, 6.45) is 11.8. The Bertz CT molecular complexity index is 304. The number of hydrogen-bond donors (Lipinski definition) is 0. The molecule has 0 aliphatic carbocycles. The van der Waals surface area contributed by atoms with Crippen LogP contribution in [0.5, 0.6) is 0 Å². The molecule has 0 spiro atoms. The lowest BCUT2D eigenvalue weighted by atomic mass is 10.2. The molecule has 0 amide bonds. The van der Waals surface area contributed by atoms with E-state index < -0.39 is 0 Å². The molecule has 0 atom stereocenters. The molecule has 0 aliphatic rings. The fourth-order valence-corrected chi connectivity index (χ4v) is 0.699. The summed E-state index contributed by atoms with van der Waals surface area (Å²) < 4.78 is 0. The van der Waals surface area contributed by atoms with Crippen molar-refractivity contribution >= 4 is 12.6 Å². The Morgan fingerprint density at radius 2 is 1.50 bits per heavy atom. The molecule has 0 N–H and O–H groups in total. The number of carbonyl (C=O) groups excluding carboxylic acids is 2. The standard InChI is InChI=1S/C12H14O2/c1-11(6-3-4-9-13)7-5-8-12(2)10-14/h3-10H,1-2H3. The van der Waals surface area contributed by atoms with E-state index in [0.717, 1.165) is 18.1 Å². The Hall–Kier alpha value is -1.70. The third-order valence-corrected chi connectivity index (χ3v) is 1.45. The van der Waals surface area contributed by atoms with Crippen LogP contribution in [0.2, 0.25) is 0 Å². The molecule has 0 rings (SSSR count). The van der Waals surface area contributed by atoms with Crippen molar-refractivity contribution in [2.45, 2.75) is 13.8 Å². The maximum absolute atomic E-state index is 10.2. The van der Waals surface area contributed by atoms with Gasteiger partial charge in [-0.2, -0.15) is 0 Å². The number of rotatable bonds is 5. The Morgan fingerprint density at radius 3 is 2.07 bits per heavy atom. The molecule has 0 unspecified atom stereocenters.